The number of hydrogen-bond acceptors (Lipinski definition) is 4. The minimum absolute atomic E-state index is 0.0713. The monoisotopic (exact) mass is 264 g/mol. The third kappa shape index (κ3) is 4.34. The van der Waals surface area contributed by atoms with E-state index in [1.165, 1.54) is 6.07 Å². The number of hydrogen-bond donors (Lipinski definition) is 3. The minimum Gasteiger partial charge on any atom is -0.508 e. The van der Waals surface area contributed by atoms with Crippen LogP contribution in [-0.4, -0.2) is 23.7 Å². The summed E-state index contributed by atoms with van der Waals surface area (Å²) in [5.74, 6) is -0.619. The van der Waals surface area contributed by atoms with Crippen LogP contribution >= 0.6 is 0 Å². The number of nitrogens with one attached hydrogen (secondary N) is 2. The molecule has 3 N–H and O–H groups in total. The zero-order valence-corrected chi connectivity index (χ0v) is 10.8. The Morgan fingerprint density at radius 3 is 2.68 bits per heavy atom. The molecule has 0 atom stereocenters. The Morgan fingerprint density at radius 1 is 1.42 bits per heavy atom. The fourth-order valence-electron chi connectivity index (χ4n) is 1.26. The lowest BCUT2D eigenvalue weighted by atomic mass is 10.2. The number of esters is 1. The van der Waals surface area contributed by atoms with Crippen molar-refractivity contribution in [1.82, 2.24) is 5.32 Å². The van der Waals surface area contributed by atoms with Gasteiger partial charge in [-0.3, -0.25) is 0 Å². The van der Waals surface area contributed by atoms with E-state index < -0.39 is 12.0 Å². The van der Waals surface area contributed by atoms with Gasteiger partial charge in [0, 0.05) is 11.8 Å². The summed E-state index contributed by atoms with van der Waals surface area (Å²) in [5, 5.41) is 14.2. The summed E-state index contributed by atoms with van der Waals surface area (Å²) < 4.78 is 4.67. The maximum Gasteiger partial charge on any atom is 0.354 e. The van der Waals surface area contributed by atoms with Gasteiger partial charge in [0.05, 0.1) is 6.61 Å². The molecule has 1 rings (SSSR count). The van der Waals surface area contributed by atoms with Crippen molar-refractivity contribution in [1.29, 1.82) is 0 Å². The van der Waals surface area contributed by atoms with Gasteiger partial charge in [-0.05, 0) is 25.5 Å². The number of benzene rings is 1. The number of urea groups is 1. The molecule has 0 aliphatic rings. The molecule has 0 radical (unpaired) electrons. The predicted molar refractivity (Wildman–Crippen MR) is 70.8 cm³/mol. The molecule has 0 unspecified atom stereocenters. The molecule has 0 aromatic heterocycles. The number of carbonyl (C=O) groups is 2. The number of aromatic hydroxyl groups is 1. The van der Waals surface area contributed by atoms with Gasteiger partial charge < -0.3 is 20.5 Å². The predicted octanol–water partition coefficient (Wildman–Crippen LogP) is 1.90. The third-order valence-electron chi connectivity index (χ3n) is 2.25. The first-order chi connectivity index (χ1) is 8.93. The third-order valence-corrected chi connectivity index (χ3v) is 2.25. The number of phenolic OH excluding ortho intramolecular Hbond substituents is 1. The Labute approximate surface area is 111 Å². The number of carbonyl (C=O) groups excluding carboxylic acids is 2. The minimum atomic E-state index is -0.690. The van der Waals surface area contributed by atoms with E-state index in [-0.39, 0.29) is 18.1 Å². The molecule has 6 nitrogen and oxygen atoms in total. The van der Waals surface area contributed by atoms with Gasteiger partial charge in [-0.15, -0.1) is 0 Å². The fourth-order valence-corrected chi connectivity index (χ4v) is 1.26. The van der Waals surface area contributed by atoms with Crippen molar-refractivity contribution in [3.63, 3.8) is 0 Å². The molecule has 0 fully saturated rings. The molecule has 2 amide bonds. The molecule has 0 saturated carbocycles. The molecule has 0 saturated heterocycles. The second kappa shape index (κ2) is 6.44. The standard InChI is InChI=1S/C13H16N2O4/c1-4-19-12(17)9(3)14-13(18)15-10-6-5-8(2)11(16)7-10/h5-7,16H,3-4H2,1-2H3,(H2,14,15,18). The molecule has 0 spiro atoms. The van der Waals surface area contributed by atoms with Crippen molar-refractivity contribution in [2.24, 2.45) is 0 Å². The first kappa shape index (κ1) is 14.6. The summed E-state index contributed by atoms with van der Waals surface area (Å²) in [4.78, 5) is 22.8. The summed E-state index contributed by atoms with van der Waals surface area (Å²) in [7, 11) is 0. The van der Waals surface area contributed by atoms with Crippen LogP contribution in [0.1, 0.15) is 12.5 Å². The second-order valence-electron chi connectivity index (χ2n) is 3.78. The van der Waals surface area contributed by atoms with Gasteiger partial charge in [-0.2, -0.15) is 0 Å². The van der Waals surface area contributed by atoms with E-state index in [1.807, 2.05) is 0 Å². The Balaban J connectivity index is 2.58. The van der Waals surface area contributed by atoms with Gasteiger partial charge in [-0.1, -0.05) is 12.6 Å². The summed E-state index contributed by atoms with van der Waals surface area (Å²) in [5.41, 5.74) is 0.940. The number of phenols is 1. The van der Waals surface area contributed by atoms with Crippen LogP contribution in [0.25, 0.3) is 0 Å². The maximum absolute atomic E-state index is 11.6. The van der Waals surface area contributed by atoms with Crippen molar-refractivity contribution in [2.45, 2.75) is 13.8 Å². The van der Waals surface area contributed by atoms with Crippen LogP contribution in [0.15, 0.2) is 30.5 Å². The smallest absolute Gasteiger partial charge is 0.354 e. The van der Waals surface area contributed by atoms with Crippen LogP contribution in [0.4, 0.5) is 10.5 Å². The summed E-state index contributed by atoms with van der Waals surface area (Å²) in [6.45, 7) is 6.98. The molecule has 1 aromatic rings. The van der Waals surface area contributed by atoms with Gasteiger partial charge in [-0.25, -0.2) is 9.59 Å². The fraction of sp³-hybridized carbons (Fsp3) is 0.231. The Morgan fingerprint density at radius 2 is 2.11 bits per heavy atom. The zero-order valence-electron chi connectivity index (χ0n) is 10.8. The molecular formula is C13H16N2O4. The van der Waals surface area contributed by atoms with E-state index >= 15 is 0 Å². The molecule has 1 aromatic carbocycles. The molecule has 102 valence electrons. The van der Waals surface area contributed by atoms with Crippen molar-refractivity contribution in [3.05, 3.63) is 36.0 Å². The quantitative estimate of drug-likeness (QED) is 0.572. The van der Waals surface area contributed by atoms with Crippen LogP contribution in [0.2, 0.25) is 0 Å². The number of anilines is 1. The van der Waals surface area contributed by atoms with Crippen LogP contribution in [0.3, 0.4) is 0 Å². The highest BCUT2D eigenvalue weighted by atomic mass is 16.5. The number of rotatable bonds is 4. The average molecular weight is 264 g/mol. The first-order valence-corrected chi connectivity index (χ1v) is 5.67. The lowest BCUT2D eigenvalue weighted by molar-refractivity contribution is -0.138. The van der Waals surface area contributed by atoms with Gasteiger partial charge in [0.2, 0.25) is 0 Å². The van der Waals surface area contributed by atoms with E-state index in [9.17, 15) is 14.7 Å². The summed E-state index contributed by atoms with van der Waals surface area (Å²) >= 11 is 0. The van der Waals surface area contributed by atoms with Crippen LogP contribution in [0, 0.1) is 6.92 Å². The SMILES string of the molecule is C=C(NC(=O)Nc1ccc(C)c(O)c1)C(=O)OCC. The van der Waals surface area contributed by atoms with E-state index in [4.69, 9.17) is 0 Å². The van der Waals surface area contributed by atoms with Crippen LogP contribution in [0.5, 0.6) is 5.75 Å². The lowest BCUT2D eigenvalue weighted by Crippen LogP contribution is -2.31. The molecule has 6 heteroatoms. The average Bonchev–Trinajstić information content (AvgIpc) is 2.34. The number of aryl methyl sites for hydroxylation is 1. The summed E-state index contributed by atoms with van der Waals surface area (Å²) in [6, 6.07) is 4.05. The topological polar surface area (TPSA) is 87.7 Å². The highest BCUT2D eigenvalue weighted by Crippen LogP contribution is 2.20. The zero-order chi connectivity index (χ0) is 14.4. The van der Waals surface area contributed by atoms with Crippen LogP contribution < -0.4 is 10.6 Å². The number of ether oxygens (including phenoxy) is 1. The van der Waals surface area contributed by atoms with E-state index in [1.54, 1.807) is 26.0 Å². The van der Waals surface area contributed by atoms with Crippen LogP contribution in [-0.2, 0) is 9.53 Å². The van der Waals surface area contributed by atoms with Gasteiger partial charge >= 0.3 is 12.0 Å². The Hall–Kier alpha value is -2.50. The van der Waals surface area contributed by atoms with E-state index in [0.29, 0.717) is 11.3 Å². The highest BCUT2D eigenvalue weighted by Gasteiger charge is 2.11. The first-order valence-electron chi connectivity index (χ1n) is 5.67. The second-order valence-corrected chi connectivity index (χ2v) is 3.78. The summed E-state index contributed by atoms with van der Waals surface area (Å²) in [6.07, 6.45) is 0. The molecule has 0 heterocycles. The van der Waals surface area contributed by atoms with Crippen molar-refractivity contribution >= 4 is 17.7 Å². The molecule has 0 aliphatic carbocycles. The number of amides is 2. The van der Waals surface area contributed by atoms with Crippen molar-refractivity contribution in [2.75, 3.05) is 11.9 Å². The molecule has 19 heavy (non-hydrogen) atoms. The highest BCUT2D eigenvalue weighted by molar-refractivity contribution is 5.97. The molecule has 0 bridgehead atoms. The normalized spacial score (nSPS) is 9.58. The van der Waals surface area contributed by atoms with E-state index in [0.717, 1.165) is 0 Å². The van der Waals surface area contributed by atoms with Gasteiger partial charge in [0.15, 0.2) is 0 Å². The largest absolute Gasteiger partial charge is 0.508 e. The van der Waals surface area contributed by atoms with Crippen molar-refractivity contribution < 1.29 is 19.4 Å². The molecule has 0 aliphatic heterocycles. The molecular weight excluding hydrogens is 248 g/mol. The van der Waals surface area contributed by atoms with Gasteiger partial charge in [0.1, 0.15) is 11.4 Å². The van der Waals surface area contributed by atoms with Gasteiger partial charge in [0.25, 0.3) is 0 Å². The Bertz CT molecular complexity index is 511. The Kier molecular flexibility index (Phi) is 4.93. The lowest BCUT2D eigenvalue weighted by Gasteiger charge is -2.09. The van der Waals surface area contributed by atoms with E-state index in [2.05, 4.69) is 21.9 Å². The maximum atomic E-state index is 11.6. The van der Waals surface area contributed by atoms with Crippen molar-refractivity contribution in [3.8, 4) is 5.75 Å².